The molecule has 0 saturated heterocycles. The van der Waals surface area contributed by atoms with Crippen LogP contribution in [0.15, 0.2) is 64.3 Å². The fraction of sp³-hybridized carbons (Fsp3) is 0.200. The second kappa shape index (κ2) is 6.53. The first-order chi connectivity index (χ1) is 12.6. The molecule has 0 fully saturated rings. The summed E-state index contributed by atoms with van der Waals surface area (Å²) in [6, 6.07) is 10.9. The largest absolute Gasteiger partial charge is 0.508 e. The number of hydrogen-bond donors (Lipinski definition) is 1. The van der Waals surface area contributed by atoms with Crippen LogP contribution in [0.25, 0.3) is 10.8 Å². The Bertz CT molecular complexity index is 994. The molecule has 0 radical (unpaired) electrons. The fourth-order valence-corrected chi connectivity index (χ4v) is 4.22. The summed E-state index contributed by atoms with van der Waals surface area (Å²) in [4.78, 5) is 19.2. The predicted molar refractivity (Wildman–Crippen MR) is 104 cm³/mol. The van der Waals surface area contributed by atoms with Crippen LogP contribution in [0, 0.1) is 0 Å². The van der Waals surface area contributed by atoms with E-state index in [9.17, 15) is 9.90 Å². The predicted octanol–water partition coefficient (Wildman–Crippen LogP) is 4.31. The van der Waals surface area contributed by atoms with E-state index in [1.165, 1.54) is 11.8 Å². The van der Waals surface area contributed by atoms with E-state index >= 15 is 0 Å². The summed E-state index contributed by atoms with van der Waals surface area (Å²) in [6.07, 6.45) is 1.89. The Hall–Kier alpha value is -2.73. The maximum absolute atomic E-state index is 12.7. The summed E-state index contributed by atoms with van der Waals surface area (Å²) < 4.78 is 5.30. The van der Waals surface area contributed by atoms with Crippen LogP contribution in [-0.4, -0.2) is 27.8 Å². The number of phenolic OH excluding ortho intramolecular Hbond substituents is 1. The summed E-state index contributed by atoms with van der Waals surface area (Å²) in [5.74, 6) is -0.259. The smallest absolute Gasteiger partial charge is 0.338 e. The van der Waals surface area contributed by atoms with Crippen molar-refractivity contribution in [1.29, 1.82) is 0 Å². The number of phenols is 1. The molecule has 5 nitrogen and oxygen atoms in total. The molecule has 0 aromatic heterocycles. The molecule has 0 saturated carbocycles. The highest BCUT2D eigenvalue weighted by Gasteiger charge is 2.39. The van der Waals surface area contributed by atoms with Crippen molar-refractivity contribution in [3.63, 3.8) is 0 Å². The van der Waals surface area contributed by atoms with Crippen LogP contribution >= 0.6 is 11.8 Å². The molecule has 2 heterocycles. The minimum absolute atomic E-state index is 0.148. The van der Waals surface area contributed by atoms with Crippen LogP contribution < -0.4 is 0 Å². The molecule has 2 aliphatic rings. The van der Waals surface area contributed by atoms with E-state index in [1.54, 1.807) is 13.0 Å². The van der Waals surface area contributed by atoms with Gasteiger partial charge in [-0.3, -0.25) is 0 Å². The van der Waals surface area contributed by atoms with E-state index in [0.29, 0.717) is 16.8 Å². The van der Waals surface area contributed by atoms with E-state index < -0.39 is 12.0 Å². The second-order valence-electron chi connectivity index (χ2n) is 6.05. The van der Waals surface area contributed by atoms with Gasteiger partial charge in [-0.2, -0.15) is 0 Å². The number of carbonyl (C=O) groups excluding carboxylic acids is 1. The SMILES string of the molecule is CCOC(=O)C1=C(C)N=C2SC=CN2C1c1c(O)ccc2ccccc12. The molecule has 0 aliphatic carbocycles. The molecule has 2 aromatic rings. The zero-order valence-corrected chi connectivity index (χ0v) is 15.3. The molecule has 26 heavy (non-hydrogen) atoms. The third-order valence-electron chi connectivity index (χ3n) is 4.54. The van der Waals surface area contributed by atoms with Crippen LogP contribution in [0.4, 0.5) is 0 Å². The van der Waals surface area contributed by atoms with Gasteiger partial charge in [-0.1, -0.05) is 42.1 Å². The maximum Gasteiger partial charge on any atom is 0.338 e. The molecule has 132 valence electrons. The molecular weight excluding hydrogens is 348 g/mol. The van der Waals surface area contributed by atoms with E-state index in [0.717, 1.165) is 15.9 Å². The Kier molecular flexibility index (Phi) is 4.20. The number of esters is 1. The number of nitrogens with zero attached hydrogens (tertiary/aromatic N) is 2. The van der Waals surface area contributed by atoms with Gasteiger partial charge >= 0.3 is 5.97 Å². The number of amidine groups is 1. The normalized spacial score (nSPS) is 18.9. The van der Waals surface area contributed by atoms with Gasteiger partial charge in [0.1, 0.15) is 5.75 Å². The van der Waals surface area contributed by atoms with Crippen LogP contribution in [0.3, 0.4) is 0 Å². The Morgan fingerprint density at radius 2 is 2.12 bits per heavy atom. The first kappa shape index (κ1) is 16.7. The zero-order valence-electron chi connectivity index (χ0n) is 14.5. The highest BCUT2D eigenvalue weighted by molar-refractivity contribution is 8.16. The monoisotopic (exact) mass is 366 g/mol. The van der Waals surface area contributed by atoms with Crippen LogP contribution in [0.1, 0.15) is 25.5 Å². The number of hydrogen-bond acceptors (Lipinski definition) is 6. The highest BCUT2D eigenvalue weighted by Crippen LogP contribution is 2.46. The third kappa shape index (κ3) is 2.57. The average molecular weight is 366 g/mol. The lowest BCUT2D eigenvalue weighted by atomic mass is 9.90. The van der Waals surface area contributed by atoms with E-state index in [-0.39, 0.29) is 12.4 Å². The summed E-state index contributed by atoms with van der Waals surface area (Å²) in [6.45, 7) is 3.87. The molecular formula is C20H18N2O3S. The minimum Gasteiger partial charge on any atom is -0.508 e. The summed E-state index contributed by atoms with van der Waals surface area (Å²) in [5.41, 5.74) is 1.75. The van der Waals surface area contributed by atoms with Crippen molar-refractivity contribution in [3.8, 4) is 5.75 Å². The number of benzene rings is 2. The Morgan fingerprint density at radius 3 is 2.92 bits per heavy atom. The quantitative estimate of drug-likeness (QED) is 0.820. The molecule has 2 aliphatic heterocycles. The van der Waals surface area contributed by atoms with Gasteiger partial charge in [0, 0.05) is 11.8 Å². The van der Waals surface area contributed by atoms with Gasteiger partial charge in [0.25, 0.3) is 0 Å². The summed E-state index contributed by atoms with van der Waals surface area (Å²) in [7, 11) is 0. The molecule has 0 bridgehead atoms. The number of fused-ring (bicyclic) bond motifs is 2. The number of carbonyl (C=O) groups is 1. The van der Waals surface area contributed by atoms with Gasteiger partial charge < -0.3 is 14.7 Å². The molecule has 0 spiro atoms. The van der Waals surface area contributed by atoms with E-state index in [1.807, 2.05) is 53.8 Å². The first-order valence-corrected chi connectivity index (χ1v) is 9.28. The average Bonchev–Trinajstić information content (AvgIpc) is 3.09. The van der Waals surface area contributed by atoms with E-state index in [4.69, 9.17) is 4.74 Å². The molecule has 6 heteroatoms. The number of rotatable bonds is 3. The van der Waals surface area contributed by atoms with Crippen molar-refractivity contribution in [3.05, 3.63) is 64.8 Å². The van der Waals surface area contributed by atoms with Crippen molar-refractivity contribution < 1.29 is 14.6 Å². The number of aromatic hydroxyl groups is 1. The summed E-state index contributed by atoms with van der Waals surface area (Å²) in [5, 5.41) is 15.3. The minimum atomic E-state index is -0.487. The lowest BCUT2D eigenvalue weighted by Gasteiger charge is -2.34. The third-order valence-corrected chi connectivity index (χ3v) is 5.31. The van der Waals surface area contributed by atoms with Crippen molar-refractivity contribution in [2.24, 2.45) is 4.99 Å². The number of ether oxygens (including phenoxy) is 1. The molecule has 2 aromatic carbocycles. The van der Waals surface area contributed by atoms with Crippen molar-refractivity contribution in [1.82, 2.24) is 4.90 Å². The van der Waals surface area contributed by atoms with Crippen LogP contribution in [-0.2, 0) is 9.53 Å². The Balaban J connectivity index is 1.98. The van der Waals surface area contributed by atoms with Crippen LogP contribution in [0.5, 0.6) is 5.75 Å². The number of aliphatic imine (C=N–C) groups is 1. The van der Waals surface area contributed by atoms with Gasteiger partial charge in [0.2, 0.25) is 0 Å². The maximum atomic E-state index is 12.7. The summed E-state index contributed by atoms with van der Waals surface area (Å²) >= 11 is 1.49. The molecule has 4 rings (SSSR count). The molecule has 0 amide bonds. The topological polar surface area (TPSA) is 62.1 Å². The standard InChI is InChI=1S/C20H18N2O3S/c1-3-25-19(24)16-12(2)21-20-22(10-11-26-20)18(16)17-14-7-5-4-6-13(14)8-9-15(17)23/h4-11,18,23H,3H2,1-2H3. The van der Waals surface area contributed by atoms with Gasteiger partial charge in [-0.25, -0.2) is 9.79 Å². The number of allylic oxidation sites excluding steroid dienone is 1. The van der Waals surface area contributed by atoms with Crippen molar-refractivity contribution >= 4 is 33.7 Å². The fourth-order valence-electron chi connectivity index (χ4n) is 3.43. The lowest BCUT2D eigenvalue weighted by molar-refractivity contribution is -0.139. The van der Waals surface area contributed by atoms with Gasteiger partial charge in [0.05, 0.1) is 23.9 Å². The lowest BCUT2D eigenvalue weighted by Crippen LogP contribution is -2.34. The molecule has 1 unspecified atom stereocenters. The van der Waals surface area contributed by atoms with Crippen molar-refractivity contribution in [2.75, 3.05) is 6.61 Å². The Labute approximate surface area is 155 Å². The Morgan fingerprint density at radius 1 is 1.31 bits per heavy atom. The zero-order chi connectivity index (χ0) is 18.3. The van der Waals surface area contributed by atoms with Crippen LogP contribution in [0.2, 0.25) is 0 Å². The van der Waals surface area contributed by atoms with Gasteiger partial charge in [-0.15, -0.1) is 0 Å². The van der Waals surface area contributed by atoms with Gasteiger partial charge in [0.15, 0.2) is 5.17 Å². The van der Waals surface area contributed by atoms with Crippen molar-refractivity contribution in [2.45, 2.75) is 19.9 Å². The van der Waals surface area contributed by atoms with Gasteiger partial charge in [-0.05, 0) is 36.1 Å². The van der Waals surface area contributed by atoms with E-state index in [2.05, 4.69) is 4.99 Å². The number of thioether (sulfide) groups is 1. The molecule has 1 atom stereocenters. The highest BCUT2D eigenvalue weighted by atomic mass is 32.2. The first-order valence-electron chi connectivity index (χ1n) is 8.40. The molecule has 1 N–H and O–H groups in total. The second-order valence-corrected chi connectivity index (χ2v) is 6.92.